The summed E-state index contributed by atoms with van der Waals surface area (Å²) in [5.41, 5.74) is 0.692. The molecule has 0 spiro atoms. The number of rotatable bonds is 1. The number of anilines is 1. The van der Waals surface area contributed by atoms with E-state index in [1.807, 2.05) is 23.6 Å². The van der Waals surface area contributed by atoms with E-state index in [0.717, 1.165) is 13.1 Å². The molecule has 3 heteroatoms. The molecule has 0 bridgehead atoms. The third-order valence-corrected chi connectivity index (χ3v) is 2.40. The smallest absolute Gasteiger partial charge is 0.146 e. The van der Waals surface area contributed by atoms with Gasteiger partial charge in [0.1, 0.15) is 5.82 Å². The molecule has 1 heterocycles. The molecule has 75 valence electrons. The van der Waals surface area contributed by atoms with E-state index in [1.54, 1.807) is 6.07 Å². The van der Waals surface area contributed by atoms with Gasteiger partial charge in [0, 0.05) is 25.7 Å². The summed E-state index contributed by atoms with van der Waals surface area (Å²) in [6.07, 6.45) is 0. The Morgan fingerprint density at radius 3 is 2.93 bits per heavy atom. The predicted octanol–water partition coefficient (Wildman–Crippen LogP) is 1.79. The van der Waals surface area contributed by atoms with Crippen LogP contribution in [0.25, 0.3) is 0 Å². The quantitative estimate of drug-likeness (QED) is 0.731. The van der Waals surface area contributed by atoms with Crippen molar-refractivity contribution in [1.29, 1.82) is 0 Å². The number of hydrogen-bond donors (Lipinski definition) is 1. The highest BCUT2D eigenvalue weighted by molar-refractivity contribution is 5.48. The zero-order valence-corrected chi connectivity index (χ0v) is 8.20. The summed E-state index contributed by atoms with van der Waals surface area (Å²) in [5, 5.41) is 3.21. The lowest BCUT2D eigenvalue weighted by Gasteiger charge is -2.33. The predicted molar refractivity (Wildman–Crippen MR) is 55.5 cm³/mol. The van der Waals surface area contributed by atoms with Gasteiger partial charge in [-0.15, -0.1) is 0 Å². The Hall–Kier alpha value is -1.09. The first-order valence-corrected chi connectivity index (χ1v) is 4.84. The molecule has 14 heavy (non-hydrogen) atoms. The Morgan fingerprint density at radius 1 is 1.43 bits per heavy atom. The van der Waals surface area contributed by atoms with Crippen LogP contribution in [0.4, 0.5) is 10.1 Å². The van der Waals surface area contributed by atoms with Crippen molar-refractivity contribution >= 4 is 5.69 Å². The molecule has 1 fully saturated rings. The summed E-state index contributed by atoms with van der Waals surface area (Å²) < 4.78 is 13.4. The largest absolute Gasteiger partial charge is 0.366 e. The number of para-hydroxylation sites is 1. The Bertz CT molecular complexity index is 314. The molecule has 1 radical (unpaired) electrons. The van der Waals surface area contributed by atoms with E-state index >= 15 is 0 Å². The van der Waals surface area contributed by atoms with Crippen LogP contribution < -0.4 is 10.2 Å². The minimum absolute atomic E-state index is 0.144. The normalized spacial score (nSPS) is 22.4. The van der Waals surface area contributed by atoms with Crippen molar-refractivity contribution in [1.82, 2.24) is 5.32 Å². The molecule has 0 aromatic heterocycles. The maximum absolute atomic E-state index is 13.4. The van der Waals surface area contributed by atoms with Gasteiger partial charge in [0.05, 0.1) is 5.69 Å². The average molecular weight is 193 g/mol. The van der Waals surface area contributed by atoms with Crippen LogP contribution in [0, 0.1) is 12.4 Å². The van der Waals surface area contributed by atoms with Crippen molar-refractivity contribution in [3.05, 3.63) is 36.6 Å². The van der Waals surface area contributed by atoms with Crippen LogP contribution in [0.1, 0.15) is 6.92 Å². The van der Waals surface area contributed by atoms with Crippen molar-refractivity contribution in [2.24, 2.45) is 0 Å². The van der Waals surface area contributed by atoms with E-state index in [-0.39, 0.29) is 5.82 Å². The lowest BCUT2D eigenvalue weighted by molar-refractivity contribution is 0.523. The number of nitrogens with one attached hydrogen (secondary N) is 1. The first kappa shape index (κ1) is 9.46. The fraction of sp³-hybridized carbons (Fsp3) is 0.364. The first-order chi connectivity index (χ1) is 6.77. The molecule has 1 aromatic rings. The second kappa shape index (κ2) is 3.96. The fourth-order valence-corrected chi connectivity index (χ4v) is 1.73. The number of piperazine rings is 1. The topological polar surface area (TPSA) is 15.3 Å². The molecule has 1 saturated heterocycles. The molecule has 1 aliphatic rings. The van der Waals surface area contributed by atoms with Crippen LogP contribution in [0.2, 0.25) is 0 Å². The molecular formula is C11H14FN2. The second-order valence-corrected chi connectivity index (χ2v) is 3.63. The van der Waals surface area contributed by atoms with E-state index in [9.17, 15) is 4.39 Å². The van der Waals surface area contributed by atoms with E-state index in [4.69, 9.17) is 0 Å². The van der Waals surface area contributed by atoms with Crippen LogP contribution in [0.15, 0.2) is 24.3 Å². The van der Waals surface area contributed by atoms with E-state index in [1.165, 1.54) is 6.07 Å². The van der Waals surface area contributed by atoms with E-state index < -0.39 is 0 Å². The summed E-state index contributed by atoms with van der Waals surface area (Å²) in [6.45, 7) is 5.66. The molecule has 1 atom stereocenters. The lowest BCUT2D eigenvalue weighted by atomic mass is 10.2. The third-order valence-electron chi connectivity index (χ3n) is 2.40. The SMILES string of the molecule is CC1CN(c2ccccc2F)C[CH]N1. The van der Waals surface area contributed by atoms with Crippen molar-refractivity contribution in [3.8, 4) is 0 Å². The molecule has 1 N–H and O–H groups in total. The highest BCUT2D eigenvalue weighted by atomic mass is 19.1. The molecular weight excluding hydrogens is 179 g/mol. The van der Waals surface area contributed by atoms with Gasteiger partial charge in [-0.05, 0) is 19.1 Å². The van der Waals surface area contributed by atoms with Gasteiger partial charge in [-0.2, -0.15) is 0 Å². The zero-order valence-electron chi connectivity index (χ0n) is 8.20. The summed E-state index contributed by atoms with van der Waals surface area (Å²) in [7, 11) is 0. The van der Waals surface area contributed by atoms with Gasteiger partial charge < -0.3 is 10.2 Å². The van der Waals surface area contributed by atoms with Crippen LogP contribution in [-0.4, -0.2) is 19.1 Å². The third kappa shape index (κ3) is 1.87. The van der Waals surface area contributed by atoms with Crippen molar-refractivity contribution < 1.29 is 4.39 Å². The van der Waals surface area contributed by atoms with Crippen LogP contribution in [0.3, 0.4) is 0 Å². The molecule has 2 nitrogen and oxygen atoms in total. The van der Waals surface area contributed by atoms with Crippen molar-refractivity contribution in [3.63, 3.8) is 0 Å². The highest BCUT2D eigenvalue weighted by Gasteiger charge is 2.17. The van der Waals surface area contributed by atoms with Gasteiger partial charge >= 0.3 is 0 Å². The van der Waals surface area contributed by atoms with Crippen molar-refractivity contribution in [2.75, 3.05) is 18.0 Å². The fourth-order valence-electron chi connectivity index (χ4n) is 1.73. The molecule has 2 rings (SSSR count). The van der Waals surface area contributed by atoms with Gasteiger partial charge in [0.15, 0.2) is 0 Å². The minimum atomic E-state index is -0.144. The van der Waals surface area contributed by atoms with Gasteiger partial charge in [-0.25, -0.2) is 4.39 Å². The Balaban J connectivity index is 2.18. The van der Waals surface area contributed by atoms with E-state index in [2.05, 4.69) is 12.2 Å². The number of hydrogen-bond acceptors (Lipinski definition) is 2. The summed E-state index contributed by atoms with van der Waals surface area (Å²) in [4.78, 5) is 2.04. The van der Waals surface area contributed by atoms with Crippen LogP contribution >= 0.6 is 0 Å². The lowest BCUT2D eigenvalue weighted by Crippen LogP contribution is -2.46. The summed E-state index contributed by atoms with van der Waals surface area (Å²) in [6, 6.07) is 7.28. The maximum atomic E-state index is 13.4. The zero-order chi connectivity index (χ0) is 9.97. The number of nitrogens with zero attached hydrogens (tertiary/aromatic N) is 1. The molecule has 1 aliphatic heterocycles. The summed E-state index contributed by atoms with van der Waals surface area (Å²) >= 11 is 0. The molecule has 0 amide bonds. The van der Waals surface area contributed by atoms with Gasteiger partial charge in [0.25, 0.3) is 0 Å². The van der Waals surface area contributed by atoms with Gasteiger partial charge in [-0.3, -0.25) is 0 Å². The monoisotopic (exact) mass is 193 g/mol. The second-order valence-electron chi connectivity index (χ2n) is 3.63. The van der Waals surface area contributed by atoms with Crippen LogP contribution in [-0.2, 0) is 0 Å². The van der Waals surface area contributed by atoms with Crippen LogP contribution in [0.5, 0.6) is 0 Å². The first-order valence-electron chi connectivity index (χ1n) is 4.84. The van der Waals surface area contributed by atoms with Gasteiger partial charge in [-0.1, -0.05) is 12.1 Å². The highest BCUT2D eigenvalue weighted by Crippen LogP contribution is 2.20. The number of halogens is 1. The standard InChI is InChI=1S/C11H14FN2/c1-9-8-14(7-6-13-9)11-5-3-2-4-10(11)12/h2-6,9,13H,7-8H2,1H3. The Morgan fingerprint density at radius 2 is 2.21 bits per heavy atom. The minimum Gasteiger partial charge on any atom is -0.366 e. The number of benzene rings is 1. The average Bonchev–Trinajstić information content (AvgIpc) is 2.18. The molecule has 0 aliphatic carbocycles. The Labute approximate surface area is 83.7 Å². The molecule has 1 aromatic carbocycles. The van der Waals surface area contributed by atoms with Gasteiger partial charge in [0.2, 0.25) is 0 Å². The van der Waals surface area contributed by atoms with Crippen molar-refractivity contribution in [2.45, 2.75) is 13.0 Å². The maximum Gasteiger partial charge on any atom is 0.146 e. The molecule has 0 saturated carbocycles. The summed E-state index contributed by atoms with van der Waals surface area (Å²) in [5.74, 6) is -0.144. The molecule has 1 unspecified atom stereocenters. The Kier molecular flexibility index (Phi) is 2.68. The van der Waals surface area contributed by atoms with E-state index in [0.29, 0.717) is 11.7 Å².